The van der Waals surface area contributed by atoms with Crippen molar-refractivity contribution in [1.29, 1.82) is 0 Å². The molecule has 2 fully saturated rings. The topological polar surface area (TPSA) is 87.0 Å². The number of hydrogen-bond acceptors (Lipinski definition) is 5. The van der Waals surface area contributed by atoms with Crippen LogP contribution in [0.1, 0.15) is 17.2 Å². The van der Waals surface area contributed by atoms with Crippen LogP contribution in [0.5, 0.6) is 0 Å². The van der Waals surface area contributed by atoms with Crippen LogP contribution in [-0.4, -0.2) is 61.0 Å². The molecule has 0 bridgehead atoms. The van der Waals surface area contributed by atoms with Crippen molar-refractivity contribution in [2.24, 2.45) is 0 Å². The number of rotatable bonds is 5. The van der Waals surface area contributed by atoms with Gasteiger partial charge in [0.05, 0.1) is 32.3 Å². The number of carbonyl (C=O) groups excluding carboxylic acids is 2. The molecule has 0 spiro atoms. The molecule has 0 saturated carbocycles. The fourth-order valence-corrected chi connectivity index (χ4v) is 3.92. The molecule has 1 atom stereocenters. The predicted molar refractivity (Wildman–Crippen MR) is 103 cm³/mol. The molecule has 1 amide bonds. The number of Topliss-reactive ketones (excluding diaryl/α,β-unsaturated/α-hetero) is 1. The summed E-state index contributed by atoms with van der Waals surface area (Å²) in [6.45, 7) is 4.22. The zero-order valence-corrected chi connectivity index (χ0v) is 16.0. The van der Waals surface area contributed by atoms with Crippen LogP contribution in [0.25, 0.3) is 5.76 Å². The number of aromatic nitrogens is 1. The molecule has 7 heteroatoms. The molecule has 2 aliphatic rings. The minimum atomic E-state index is -0.718. The van der Waals surface area contributed by atoms with Crippen molar-refractivity contribution in [1.82, 2.24) is 9.88 Å². The van der Waals surface area contributed by atoms with Gasteiger partial charge in [-0.25, -0.2) is 0 Å². The van der Waals surface area contributed by atoms with Crippen molar-refractivity contribution < 1.29 is 24.3 Å². The molecular formula is C22H23N3O4. The van der Waals surface area contributed by atoms with Crippen LogP contribution in [0.2, 0.25) is 0 Å². The summed E-state index contributed by atoms with van der Waals surface area (Å²) >= 11 is 0. The fourth-order valence-electron chi connectivity index (χ4n) is 3.92. The number of nitrogens with zero attached hydrogens (tertiary/aromatic N) is 2. The first-order valence-electron chi connectivity index (χ1n) is 9.80. The molecule has 1 N–H and O–H groups in total. The van der Waals surface area contributed by atoms with E-state index in [4.69, 9.17) is 4.74 Å². The summed E-state index contributed by atoms with van der Waals surface area (Å²) in [4.78, 5) is 32.7. The van der Waals surface area contributed by atoms with Gasteiger partial charge in [-0.2, -0.15) is 0 Å². The highest BCUT2D eigenvalue weighted by Crippen LogP contribution is 2.37. The van der Waals surface area contributed by atoms with Crippen LogP contribution in [0.15, 0.2) is 60.4 Å². The second-order valence-electron chi connectivity index (χ2n) is 7.24. The molecule has 2 saturated heterocycles. The molecule has 150 valence electrons. The van der Waals surface area contributed by atoms with Crippen molar-refractivity contribution >= 4 is 17.4 Å². The highest BCUT2D eigenvalue weighted by molar-refractivity contribution is 6.46. The number of quaternary nitrogens is 1. The Bertz CT molecular complexity index is 908. The van der Waals surface area contributed by atoms with Crippen LogP contribution < -0.4 is 10.0 Å². The van der Waals surface area contributed by atoms with Gasteiger partial charge >= 0.3 is 0 Å². The summed E-state index contributed by atoms with van der Waals surface area (Å²) < 4.78 is 5.39. The minimum absolute atomic E-state index is 0.00572. The zero-order chi connectivity index (χ0) is 20.2. The molecule has 7 nitrogen and oxygen atoms in total. The first kappa shape index (κ1) is 19.3. The van der Waals surface area contributed by atoms with Gasteiger partial charge in [0.2, 0.25) is 5.78 Å². The third-order valence-corrected chi connectivity index (χ3v) is 5.47. The lowest BCUT2D eigenvalue weighted by Crippen LogP contribution is -3.14. The Hall–Kier alpha value is -3.03. The Morgan fingerprint density at radius 1 is 1.14 bits per heavy atom. The Morgan fingerprint density at radius 2 is 1.90 bits per heavy atom. The van der Waals surface area contributed by atoms with Gasteiger partial charge in [0.25, 0.3) is 5.91 Å². The molecule has 1 unspecified atom stereocenters. The van der Waals surface area contributed by atoms with Crippen molar-refractivity contribution in [2.75, 3.05) is 39.4 Å². The molecule has 4 rings (SSSR count). The third kappa shape index (κ3) is 3.92. The number of hydrogen-bond donors (Lipinski definition) is 1. The fraction of sp³-hybridized carbons (Fsp3) is 0.318. The van der Waals surface area contributed by atoms with Crippen molar-refractivity contribution in [3.8, 4) is 0 Å². The van der Waals surface area contributed by atoms with E-state index in [0.29, 0.717) is 37.4 Å². The van der Waals surface area contributed by atoms with E-state index in [-0.39, 0.29) is 5.57 Å². The number of amides is 1. The van der Waals surface area contributed by atoms with E-state index in [0.717, 1.165) is 13.1 Å². The summed E-state index contributed by atoms with van der Waals surface area (Å²) in [7, 11) is 0. The number of ether oxygens (including phenoxy) is 1. The molecule has 1 aromatic heterocycles. The normalized spacial score (nSPS) is 22.2. The monoisotopic (exact) mass is 393 g/mol. The van der Waals surface area contributed by atoms with Crippen LogP contribution >= 0.6 is 0 Å². The first-order chi connectivity index (χ1) is 14.2. The number of carbonyl (C=O) groups is 2. The Kier molecular flexibility index (Phi) is 5.69. The maximum atomic E-state index is 13.2. The summed E-state index contributed by atoms with van der Waals surface area (Å²) in [6, 6.07) is 11.5. The van der Waals surface area contributed by atoms with Gasteiger partial charge in [-0.1, -0.05) is 42.2 Å². The van der Waals surface area contributed by atoms with Gasteiger partial charge in [-0.05, 0) is 17.2 Å². The first-order valence-corrected chi connectivity index (χ1v) is 9.80. The largest absolute Gasteiger partial charge is 0.872 e. The maximum Gasteiger partial charge on any atom is 0.295 e. The SMILES string of the molecule is O=C1C(=O)N(CC[NH+]2CCOCC2)C(c2cccnc2)C1=C([O-])c1ccccc1. The minimum Gasteiger partial charge on any atom is -0.872 e. The molecule has 1 aromatic carbocycles. The quantitative estimate of drug-likeness (QED) is 0.409. The third-order valence-electron chi connectivity index (χ3n) is 5.47. The molecular weight excluding hydrogens is 370 g/mol. The molecule has 0 radical (unpaired) electrons. The molecule has 0 aliphatic carbocycles. The van der Waals surface area contributed by atoms with E-state index >= 15 is 0 Å². The second-order valence-corrected chi connectivity index (χ2v) is 7.24. The average molecular weight is 393 g/mol. The number of likely N-dealkylation sites (tertiary alicyclic amines) is 1. The Morgan fingerprint density at radius 3 is 2.59 bits per heavy atom. The van der Waals surface area contributed by atoms with Crippen LogP contribution in [0.4, 0.5) is 0 Å². The lowest BCUT2D eigenvalue weighted by Gasteiger charge is -2.30. The lowest BCUT2D eigenvalue weighted by atomic mass is 9.96. The smallest absolute Gasteiger partial charge is 0.295 e. The van der Waals surface area contributed by atoms with Crippen LogP contribution in [-0.2, 0) is 14.3 Å². The van der Waals surface area contributed by atoms with E-state index in [1.807, 2.05) is 0 Å². The molecule has 29 heavy (non-hydrogen) atoms. The Labute approximate surface area is 169 Å². The molecule has 2 aromatic rings. The van der Waals surface area contributed by atoms with Gasteiger partial charge in [0.15, 0.2) is 0 Å². The zero-order valence-electron chi connectivity index (χ0n) is 16.0. The van der Waals surface area contributed by atoms with Gasteiger partial charge in [0, 0.05) is 18.0 Å². The highest BCUT2D eigenvalue weighted by atomic mass is 16.5. The van der Waals surface area contributed by atoms with E-state index in [1.165, 1.54) is 9.80 Å². The summed E-state index contributed by atoms with van der Waals surface area (Å²) in [5.74, 6) is -1.74. The number of benzene rings is 1. The highest BCUT2D eigenvalue weighted by Gasteiger charge is 2.44. The number of pyridine rings is 1. The molecule has 3 heterocycles. The van der Waals surface area contributed by atoms with Crippen molar-refractivity contribution in [2.45, 2.75) is 6.04 Å². The Balaban J connectivity index is 1.70. The van der Waals surface area contributed by atoms with Crippen LogP contribution in [0, 0.1) is 0 Å². The predicted octanol–water partition coefficient (Wildman–Crippen LogP) is -0.779. The summed E-state index contributed by atoms with van der Waals surface area (Å²) in [5.41, 5.74) is 1.08. The summed E-state index contributed by atoms with van der Waals surface area (Å²) in [5, 5.41) is 13.2. The van der Waals surface area contributed by atoms with E-state index in [9.17, 15) is 14.7 Å². The number of ketones is 1. The van der Waals surface area contributed by atoms with Crippen molar-refractivity contribution in [3.05, 3.63) is 71.6 Å². The van der Waals surface area contributed by atoms with Crippen molar-refractivity contribution in [3.63, 3.8) is 0 Å². The average Bonchev–Trinajstić information content (AvgIpc) is 3.04. The van der Waals surface area contributed by atoms with Gasteiger partial charge in [0.1, 0.15) is 13.1 Å². The van der Waals surface area contributed by atoms with E-state index in [2.05, 4.69) is 4.98 Å². The number of morpholine rings is 1. The maximum absolute atomic E-state index is 13.2. The number of nitrogens with one attached hydrogen (secondary N) is 1. The molecule has 2 aliphatic heterocycles. The lowest BCUT2D eigenvalue weighted by molar-refractivity contribution is -0.907. The van der Waals surface area contributed by atoms with Crippen LogP contribution in [0.3, 0.4) is 0 Å². The van der Waals surface area contributed by atoms with E-state index < -0.39 is 23.5 Å². The standard InChI is InChI=1S/C22H23N3O4/c26-20(16-5-2-1-3-6-16)18-19(17-7-4-8-23-15-17)25(22(28)21(18)27)10-9-24-11-13-29-14-12-24/h1-8,15,19,26H,9-14H2. The van der Waals surface area contributed by atoms with E-state index in [1.54, 1.807) is 54.9 Å². The second kappa shape index (κ2) is 8.55. The van der Waals surface area contributed by atoms with Gasteiger partial charge < -0.3 is 19.6 Å². The van der Waals surface area contributed by atoms with Gasteiger partial charge in [-0.3, -0.25) is 14.6 Å². The van der Waals surface area contributed by atoms with Gasteiger partial charge in [-0.15, -0.1) is 0 Å². The summed E-state index contributed by atoms with van der Waals surface area (Å²) in [6.07, 6.45) is 3.24.